The highest BCUT2D eigenvalue weighted by atomic mass is 32.1. The zero-order valence-corrected chi connectivity index (χ0v) is 11.6. The van der Waals surface area contributed by atoms with E-state index in [1.54, 1.807) is 12.1 Å². The molecule has 2 aromatic rings. The minimum atomic E-state index is -1.10. The van der Waals surface area contributed by atoms with Crippen LogP contribution in [0.3, 0.4) is 0 Å². The van der Waals surface area contributed by atoms with E-state index in [2.05, 4.69) is 15.6 Å². The summed E-state index contributed by atoms with van der Waals surface area (Å²) >= 11 is 1.16. The maximum absolute atomic E-state index is 12.7. The molecular weight excluding hydrogens is 297 g/mol. The first-order chi connectivity index (χ1) is 10.0. The second-order valence-corrected chi connectivity index (χ2v) is 5.04. The minimum Gasteiger partial charge on any atom is -0.476 e. The maximum atomic E-state index is 12.7. The lowest BCUT2D eigenvalue weighted by Crippen LogP contribution is -2.34. The van der Waals surface area contributed by atoms with Gasteiger partial charge in [0, 0.05) is 11.9 Å². The topological polar surface area (TPSA) is 91.3 Å². The molecule has 1 aromatic carbocycles. The first-order valence-corrected chi connectivity index (χ1v) is 6.86. The van der Waals surface area contributed by atoms with E-state index in [9.17, 15) is 14.0 Å². The van der Waals surface area contributed by atoms with Crippen LogP contribution < -0.4 is 10.6 Å². The van der Waals surface area contributed by atoms with Crippen molar-refractivity contribution in [3.8, 4) is 0 Å². The van der Waals surface area contributed by atoms with Crippen molar-refractivity contribution in [1.82, 2.24) is 15.6 Å². The molecule has 0 bridgehead atoms. The molecule has 0 aliphatic rings. The Labute approximate surface area is 123 Å². The number of carboxylic acids is 1. The van der Waals surface area contributed by atoms with E-state index in [1.807, 2.05) is 0 Å². The lowest BCUT2D eigenvalue weighted by Gasteiger charge is -2.06. The van der Waals surface area contributed by atoms with Gasteiger partial charge < -0.3 is 15.7 Å². The van der Waals surface area contributed by atoms with Gasteiger partial charge in [0.15, 0.2) is 5.69 Å². The molecule has 0 radical (unpaired) electrons. The molecule has 1 aromatic heterocycles. The second-order valence-electron chi connectivity index (χ2n) is 4.09. The van der Waals surface area contributed by atoms with Gasteiger partial charge in [-0.3, -0.25) is 0 Å². The highest BCUT2D eigenvalue weighted by Crippen LogP contribution is 2.09. The molecule has 2 amide bonds. The standard InChI is InChI=1S/C13H12FN3O3S/c14-9-3-1-8(2-4-9)5-15-13(20)16-6-11-17-10(7-21-11)12(18)19/h1-4,7H,5-6H2,(H,18,19)(H2,15,16,20). The van der Waals surface area contributed by atoms with Gasteiger partial charge in [-0.1, -0.05) is 12.1 Å². The molecule has 3 N–H and O–H groups in total. The number of halogens is 1. The molecule has 0 aliphatic carbocycles. The van der Waals surface area contributed by atoms with Crippen LogP contribution in [-0.4, -0.2) is 22.1 Å². The number of rotatable bonds is 5. The number of amides is 2. The summed E-state index contributed by atoms with van der Waals surface area (Å²) < 4.78 is 12.7. The Bertz CT molecular complexity index is 642. The summed E-state index contributed by atoms with van der Waals surface area (Å²) in [6, 6.07) is 5.38. The van der Waals surface area contributed by atoms with Crippen molar-refractivity contribution in [2.45, 2.75) is 13.1 Å². The average Bonchev–Trinajstić information content (AvgIpc) is 2.93. The molecule has 1 heterocycles. The zero-order valence-electron chi connectivity index (χ0n) is 10.8. The van der Waals surface area contributed by atoms with E-state index < -0.39 is 12.0 Å². The molecule has 2 rings (SSSR count). The normalized spacial score (nSPS) is 10.1. The number of aromatic carboxylic acids is 1. The molecule has 0 spiro atoms. The Hall–Kier alpha value is -2.48. The van der Waals surface area contributed by atoms with E-state index in [1.165, 1.54) is 17.5 Å². The summed E-state index contributed by atoms with van der Waals surface area (Å²) in [6.45, 7) is 0.414. The number of aromatic nitrogens is 1. The van der Waals surface area contributed by atoms with Crippen LogP contribution in [0.5, 0.6) is 0 Å². The van der Waals surface area contributed by atoms with Crippen molar-refractivity contribution >= 4 is 23.3 Å². The summed E-state index contributed by atoms with van der Waals surface area (Å²) in [7, 11) is 0. The molecular formula is C13H12FN3O3S. The monoisotopic (exact) mass is 309 g/mol. The third-order valence-corrected chi connectivity index (χ3v) is 3.39. The molecule has 21 heavy (non-hydrogen) atoms. The van der Waals surface area contributed by atoms with Crippen LogP contribution in [0.4, 0.5) is 9.18 Å². The maximum Gasteiger partial charge on any atom is 0.355 e. The smallest absolute Gasteiger partial charge is 0.355 e. The number of hydrogen-bond donors (Lipinski definition) is 3. The first kappa shape index (κ1) is 14.9. The SMILES string of the molecule is O=C(NCc1ccc(F)cc1)NCc1nc(C(=O)O)cs1. The molecule has 110 valence electrons. The lowest BCUT2D eigenvalue weighted by molar-refractivity contribution is 0.0691. The Balaban J connectivity index is 1.76. The second kappa shape index (κ2) is 6.80. The van der Waals surface area contributed by atoms with E-state index in [0.717, 1.165) is 16.9 Å². The van der Waals surface area contributed by atoms with Gasteiger partial charge >= 0.3 is 12.0 Å². The van der Waals surface area contributed by atoms with Crippen LogP contribution >= 0.6 is 11.3 Å². The number of nitrogens with zero attached hydrogens (tertiary/aromatic N) is 1. The summed E-state index contributed by atoms with van der Waals surface area (Å²) in [5, 5.41) is 15.8. The number of nitrogens with one attached hydrogen (secondary N) is 2. The van der Waals surface area contributed by atoms with Gasteiger partial charge in [0.2, 0.25) is 0 Å². The Kier molecular flexibility index (Phi) is 4.83. The van der Waals surface area contributed by atoms with Crippen molar-refractivity contribution in [1.29, 1.82) is 0 Å². The number of thiazole rings is 1. The first-order valence-electron chi connectivity index (χ1n) is 5.98. The molecule has 0 unspecified atom stereocenters. The summed E-state index contributed by atoms with van der Waals surface area (Å²) in [5.74, 6) is -1.43. The zero-order chi connectivity index (χ0) is 15.2. The molecule has 0 fully saturated rings. The fraction of sp³-hybridized carbons (Fsp3) is 0.154. The van der Waals surface area contributed by atoms with Gasteiger partial charge in [-0.2, -0.15) is 0 Å². The Morgan fingerprint density at radius 2 is 1.86 bits per heavy atom. The van der Waals surface area contributed by atoms with Gasteiger partial charge in [0.05, 0.1) is 6.54 Å². The molecule has 0 saturated heterocycles. The average molecular weight is 309 g/mol. The van der Waals surface area contributed by atoms with E-state index in [-0.39, 0.29) is 24.6 Å². The summed E-state index contributed by atoms with van der Waals surface area (Å²) in [5.41, 5.74) is 0.734. The Morgan fingerprint density at radius 1 is 1.19 bits per heavy atom. The van der Waals surface area contributed by atoms with Crippen molar-refractivity contribution in [3.63, 3.8) is 0 Å². The van der Waals surface area contributed by atoms with Gasteiger partial charge in [-0.15, -0.1) is 11.3 Å². The van der Waals surface area contributed by atoms with Gasteiger partial charge in [0.25, 0.3) is 0 Å². The van der Waals surface area contributed by atoms with Crippen LogP contribution in [0.25, 0.3) is 0 Å². The number of carbonyl (C=O) groups excluding carboxylic acids is 1. The summed E-state index contributed by atoms with van der Waals surface area (Å²) in [6.07, 6.45) is 0. The predicted octanol–water partition coefficient (Wildman–Crippen LogP) is 1.98. The Morgan fingerprint density at radius 3 is 2.48 bits per heavy atom. The number of urea groups is 1. The molecule has 8 heteroatoms. The van der Waals surface area contributed by atoms with Crippen LogP contribution in [0.1, 0.15) is 21.1 Å². The number of benzene rings is 1. The fourth-order valence-corrected chi connectivity index (χ4v) is 2.20. The van der Waals surface area contributed by atoms with Crippen molar-refractivity contribution in [2.75, 3.05) is 0 Å². The van der Waals surface area contributed by atoms with Crippen LogP contribution in [0.2, 0.25) is 0 Å². The number of hydrogen-bond acceptors (Lipinski definition) is 4. The number of carbonyl (C=O) groups is 2. The van der Waals surface area contributed by atoms with Crippen LogP contribution in [0, 0.1) is 5.82 Å². The third kappa shape index (κ3) is 4.53. The molecule has 0 atom stereocenters. The van der Waals surface area contributed by atoms with Gasteiger partial charge in [-0.25, -0.2) is 19.0 Å². The molecule has 0 saturated carbocycles. The largest absolute Gasteiger partial charge is 0.476 e. The van der Waals surface area contributed by atoms with Gasteiger partial charge in [0.1, 0.15) is 10.8 Å². The summed E-state index contributed by atoms with van der Waals surface area (Å²) in [4.78, 5) is 26.1. The lowest BCUT2D eigenvalue weighted by atomic mass is 10.2. The highest BCUT2D eigenvalue weighted by molar-refractivity contribution is 7.09. The van der Waals surface area contributed by atoms with Crippen molar-refractivity contribution < 1.29 is 19.1 Å². The highest BCUT2D eigenvalue weighted by Gasteiger charge is 2.09. The molecule has 6 nitrogen and oxygen atoms in total. The predicted molar refractivity (Wildman–Crippen MR) is 74.5 cm³/mol. The van der Waals surface area contributed by atoms with E-state index in [0.29, 0.717) is 5.01 Å². The van der Waals surface area contributed by atoms with E-state index in [4.69, 9.17) is 5.11 Å². The van der Waals surface area contributed by atoms with Crippen molar-refractivity contribution in [3.05, 3.63) is 51.7 Å². The van der Waals surface area contributed by atoms with E-state index >= 15 is 0 Å². The quantitative estimate of drug-likeness (QED) is 0.787. The minimum absolute atomic E-state index is 0.0384. The van der Waals surface area contributed by atoms with Crippen LogP contribution in [-0.2, 0) is 13.1 Å². The number of carboxylic acid groups (broad SMARTS) is 1. The van der Waals surface area contributed by atoms with Crippen LogP contribution in [0.15, 0.2) is 29.6 Å². The van der Waals surface area contributed by atoms with Gasteiger partial charge in [-0.05, 0) is 17.7 Å². The fourth-order valence-electron chi connectivity index (χ4n) is 1.49. The third-order valence-electron chi connectivity index (χ3n) is 2.54. The molecule has 0 aliphatic heterocycles. The van der Waals surface area contributed by atoms with Crippen molar-refractivity contribution in [2.24, 2.45) is 0 Å².